The fraction of sp³-hybridized carbons (Fsp3) is 0.467. The lowest BCUT2D eigenvalue weighted by Crippen LogP contribution is -2.32. The Morgan fingerprint density at radius 2 is 2.29 bits per heavy atom. The summed E-state index contributed by atoms with van der Waals surface area (Å²) >= 11 is 6.16. The van der Waals surface area contributed by atoms with Crippen LogP contribution in [0.2, 0.25) is 5.02 Å². The van der Waals surface area contributed by atoms with Crippen LogP contribution in [0.3, 0.4) is 0 Å². The Bertz CT molecular complexity index is 583. The van der Waals surface area contributed by atoms with E-state index in [0.29, 0.717) is 29.5 Å². The van der Waals surface area contributed by atoms with Crippen molar-refractivity contribution in [1.29, 1.82) is 0 Å². The summed E-state index contributed by atoms with van der Waals surface area (Å²) in [4.78, 5) is 23.5. The third-order valence-electron chi connectivity index (χ3n) is 3.97. The summed E-state index contributed by atoms with van der Waals surface area (Å²) < 4.78 is 0. The van der Waals surface area contributed by atoms with Crippen molar-refractivity contribution in [2.24, 2.45) is 5.92 Å². The number of carbonyl (C=O) groups excluding carboxylic acids is 2. The number of carbonyl (C=O) groups is 2. The van der Waals surface area contributed by atoms with Crippen LogP contribution >= 0.6 is 11.6 Å². The maximum Gasteiger partial charge on any atom is 0.228 e. The molecular formula is C15H18ClN3O2. The third kappa shape index (κ3) is 3.36. The van der Waals surface area contributed by atoms with Crippen LogP contribution in [-0.2, 0) is 16.0 Å². The van der Waals surface area contributed by atoms with Crippen molar-refractivity contribution < 1.29 is 9.59 Å². The lowest BCUT2D eigenvalue weighted by molar-refractivity contribution is -0.117. The molecule has 0 saturated carbocycles. The topological polar surface area (TPSA) is 70.2 Å². The molecule has 0 spiro atoms. The second-order valence-electron chi connectivity index (χ2n) is 5.68. The predicted molar refractivity (Wildman–Crippen MR) is 82.6 cm³/mol. The molecule has 1 unspecified atom stereocenters. The van der Waals surface area contributed by atoms with Gasteiger partial charge in [-0.05, 0) is 49.5 Å². The fourth-order valence-corrected chi connectivity index (χ4v) is 3.12. The zero-order valence-electron chi connectivity index (χ0n) is 11.7. The van der Waals surface area contributed by atoms with E-state index in [1.807, 2.05) is 0 Å². The molecule has 2 aliphatic heterocycles. The molecule has 112 valence electrons. The van der Waals surface area contributed by atoms with Gasteiger partial charge in [0.15, 0.2) is 0 Å². The molecule has 2 aliphatic rings. The number of fused-ring (bicyclic) bond motifs is 1. The predicted octanol–water partition coefficient (Wildman–Crippen LogP) is 2.16. The molecule has 0 aliphatic carbocycles. The zero-order chi connectivity index (χ0) is 14.8. The van der Waals surface area contributed by atoms with Crippen LogP contribution in [0.25, 0.3) is 0 Å². The van der Waals surface area contributed by atoms with Crippen molar-refractivity contribution in [3.05, 3.63) is 22.7 Å². The molecule has 0 radical (unpaired) electrons. The fourth-order valence-electron chi connectivity index (χ4n) is 2.91. The van der Waals surface area contributed by atoms with Crippen LogP contribution in [0.5, 0.6) is 0 Å². The average molecular weight is 308 g/mol. The second-order valence-corrected chi connectivity index (χ2v) is 6.09. The molecule has 1 aromatic carbocycles. The third-order valence-corrected chi connectivity index (χ3v) is 4.28. The van der Waals surface area contributed by atoms with E-state index in [1.165, 1.54) is 0 Å². The lowest BCUT2D eigenvalue weighted by atomic mass is 9.96. The highest BCUT2D eigenvalue weighted by atomic mass is 35.5. The molecule has 2 amide bonds. The monoisotopic (exact) mass is 307 g/mol. The first-order chi connectivity index (χ1) is 10.1. The van der Waals surface area contributed by atoms with Gasteiger partial charge in [-0.25, -0.2) is 0 Å². The lowest BCUT2D eigenvalue weighted by Gasteiger charge is -2.22. The molecule has 1 aromatic rings. The Morgan fingerprint density at radius 3 is 3.05 bits per heavy atom. The van der Waals surface area contributed by atoms with E-state index in [-0.39, 0.29) is 11.8 Å². The van der Waals surface area contributed by atoms with E-state index in [2.05, 4.69) is 16.0 Å². The first kappa shape index (κ1) is 14.4. The standard InChI is InChI=1S/C15H18ClN3O2/c16-11-7-12-10(6-15(21)18-12)5-13(11)19-14(20)4-9-2-1-3-17-8-9/h5,7,9,17H,1-4,6,8H2,(H,18,21)(H,19,20). The molecule has 0 bridgehead atoms. The zero-order valence-corrected chi connectivity index (χ0v) is 12.4. The van der Waals surface area contributed by atoms with Gasteiger partial charge in [-0.2, -0.15) is 0 Å². The molecule has 21 heavy (non-hydrogen) atoms. The number of hydrogen-bond acceptors (Lipinski definition) is 3. The van der Waals surface area contributed by atoms with Gasteiger partial charge in [0.25, 0.3) is 0 Å². The molecular weight excluding hydrogens is 290 g/mol. The van der Waals surface area contributed by atoms with Gasteiger partial charge in [0, 0.05) is 12.1 Å². The molecule has 2 heterocycles. The number of rotatable bonds is 3. The van der Waals surface area contributed by atoms with Crippen molar-refractivity contribution in [3.63, 3.8) is 0 Å². The van der Waals surface area contributed by atoms with E-state index in [4.69, 9.17) is 11.6 Å². The highest BCUT2D eigenvalue weighted by molar-refractivity contribution is 6.34. The normalized spacial score (nSPS) is 20.8. The molecule has 0 aromatic heterocycles. The number of anilines is 2. The van der Waals surface area contributed by atoms with Gasteiger partial charge in [0.1, 0.15) is 0 Å². The van der Waals surface area contributed by atoms with Gasteiger partial charge < -0.3 is 16.0 Å². The second kappa shape index (κ2) is 6.03. The van der Waals surface area contributed by atoms with Gasteiger partial charge >= 0.3 is 0 Å². The van der Waals surface area contributed by atoms with Crippen molar-refractivity contribution in [2.45, 2.75) is 25.7 Å². The number of benzene rings is 1. The summed E-state index contributed by atoms with van der Waals surface area (Å²) in [6, 6.07) is 3.48. The molecule has 5 nitrogen and oxygen atoms in total. The smallest absolute Gasteiger partial charge is 0.228 e. The molecule has 6 heteroatoms. The summed E-state index contributed by atoms with van der Waals surface area (Å²) in [6.07, 6.45) is 3.03. The molecule has 3 N–H and O–H groups in total. The maximum atomic E-state index is 12.1. The van der Waals surface area contributed by atoms with Crippen molar-refractivity contribution in [3.8, 4) is 0 Å². The SMILES string of the molecule is O=C(CC1CCCNC1)Nc1cc2c(cc1Cl)NC(=O)C2. The Labute approximate surface area is 128 Å². The number of nitrogens with one attached hydrogen (secondary N) is 3. The van der Waals surface area contributed by atoms with E-state index < -0.39 is 0 Å². The summed E-state index contributed by atoms with van der Waals surface area (Å²) in [5.74, 6) is 0.316. The first-order valence-electron chi connectivity index (χ1n) is 7.24. The minimum atomic E-state index is -0.0437. The maximum absolute atomic E-state index is 12.1. The number of halogens is 1. The summed E-state index contributed by atoms with van der Waals surface area (Å²) in [7, 11) is 0. The van der Waals surface area contributed by atoms with E-state index in [1.54, 1.807) is 12.1 Å². The molecule has 1 fully saturated rings. The van der Waals surface area contributed by atoms with Crippen LogP contribution in [0.1, 0.15) is 24.8 Å². The van der Waals surface area contributed by atoms with Crippen LogP contribution in [0, 0.1) is 5.92 Å². The number of amides is 2. The molecule has 1 atom stereocenters. The highest BCUT2D eigenvalue weighted by Gasteiger charge is 2.21. The van der Waals surface area contributed by atoms with Crippen LogP contribution in [-0.4, -0.2) is 24.9 Å². The molecule has 3 rings (SSSR count). The summed E-state index contributed by atoms with van der Waals surface area (Å²) in [5, 5.41) is 9.36. The Morgan fingerprint density at radius 1 is 1.43 bits per heavy atom. The van der Waals surface area contributed by atoms with Crippen molar-refractivity contribution in [2.75, 3.05) is 23.7 Å². The minimum absolute atomic E-state index is 0.0252. The van der Waals surface area contributed by atoms with Crippen molar-refractivity contribution >= 4 is 34.8 Å². The van der Waals surface area contributed by atoms with Gasteiger partial charge in [0.05, 0.1) is 17.1 Å². The Balaban J connectivity index is 1.66. The van der Waals surface area contributed by atoms with E-state index in [0.717, 1.165) is 37.2 Å². The van der Waals surface area contributed by atoms with Crippen LogP contribution in [0.4, 0.5) is 11.4 Å². The van der Waals surface area contributed by atoms with Crippen molar-refractivity contribution in [1.82, 2.24) is 5.32 Å². The van der Waals surface area contributed by atoms with Crippen LogP contribution < -0.4 is 16.0 Å². The average Bonchev–Trinajstić information content (AvgIpc) is 2.79. The first-order valence-corrected chi connectivity index (χ1v) is 7.62. The number of piperidine rings is 1. The van der Waals surface area contributed by atoms with Gasteiger partial charge in [-0.3, -0.25) is 9.59 Å². The quantitative estimate of drug-likeness (QED) is 0.801. The highest BCUT2D eigenvalue weighted by Crippen LogP contribution is 2.33. The Hall–Kier alpha value is -1.59. The van der Waals surface area contributed by atoms with E-state index >= 15 is 0 Å². The Kier molecular flexibility index (Phi) is 4.12. The van der Waals surface area contributed by atoms with Gasteiger partial charge in [0.2, 0.25) is 11.8 Å². The number of hydrogen-bond donors (Lipinski definition) is 3. The molecule has 1 saturated heterocycles. The van der Waals surface area contributed by atoms with Crippen LogP contribution in [0.15, 0.2) is 12.1 Å². The summed E-state index contributed by atoms with van der Waals surface area (Å²) in [5.41, 5.74) is 2.19. The van der Waals surface area contributed by atoms with Gasteiger partial charge in [-0.1, -0.05) is 11.6 Å². The van der Waals surface area contributed by atoms with E-state index in [9.17, 15) is 9.59 Å². The minimum Gasteiger partial charge on any atom is -0.325 e. The largest absolute Gasteiger partial charge is 0.325 e. The summed E-state index contributed by atoms with van der Waals surface area (Å²) in [6.45, 7) is 1.93. The van der Waals surface area contributed by atoms with Gasteiger partial charge in [-0.15, -0.1) is 0 Å².